The van der Waals surface area contributed by atoms with Crippen LogP contribution in [0.2, 0.25) is 0 Å². The SMILES string of the molecule is Cc1cccc(-c2nc(C)c(C(C)CN)c(C)n2)n1. The zero-order valence-electron chi connectivity index (χ0n) is 11.9. The summed E-state index contributed by atoms with van der Waals surface area (Å²) in [6.45, 7) is 8.69. The topological polar surface area (TPSA) is 64.7 Å². The van der Waals surface area contributed by atoms with Gasteiger partial charge in [-0.05, 0) is 50.9 Å². The molecular weight excluding hydrogens is 236 g/mol. The van der Waals surface area contributed by atoms with Crippen LogP contribution in [0.25, 0.3) is 11.5 Å². The Morgan fingerprint density at radius 2 is 1.68 bits per heavy atom. The summed E-state index contributed by atoms with van der Waals surface area (Å²) < 4.78 is 0. The Morgan fingerprint density at radius 3 is 2.21 bits per heavy atom. The number of pyridine rings is 1. The summed E-state index contributed by atoms with van der Waals surface area (Å²) in [4.78, 5) is 13.6. The van der Waals surface area contributed by atoms with Crippen LogP contribution in [-0.2, 0) is 0 Å². The smallest absolute Gasteiger partial charge is 0.178 e. The lowest BCUT2D eigenvalue weighted by atomic mass is 9.98. The molecule has 2 aromatic heterocycles. The fourth-order valence-electron chi connectivity index (χ4n) is 2.34. The van der Waals surface area contributed by atoms with Crippen LogP contribution in [0, 0.1) is 20.8 Å². The van der Waals surface area contributed by atoms with Crippen molar-refractivity contribution in [3.63, 3.8) is 0 Å². The average Bonchev–Trinajstić information content (AvgIpc) is 2.37. The maximum atomic E-state index is 5.74. The van der Waals surface area contributed by atoms with Crippen molar-refractivity contribution in [3.8, 4) is 11.5 Å². The molecule has 0 fully saturated rings. The zero-order chi connectivity index (χ0) is 14.0. The predicted octanol–water partition coefficient (Wildman–Crippen LogP) is 2.53. The van der Waals surface area contributed by atoms with Gasteiger partial charge in [0.25, 0.3) is 0 Å². The number of aromatic nitrogens is 3. The Balaban J connectivity index is 2.51. The van der Waals surface area contributed by atoms with Gasteiger partial charge in [-0.1, -0.05) is 13.0 Å². The minimum atomic E-state index is 0.277. The second kappa shape index (κ2) is 5.45. The summed E-state index contributed by atoms with van der Waals surface area (Å²) in [5.74, 6) is 0.964. The minimum Gasteiger partial charge on any atom is -0.330 e. The van der Waals surface area contributed by atoms with Crippen molar-refractivity contribution in [2.24, 2.45) is 5.73 Å². The number of nitrogens with two attached hydrogens (primary N) is 1. The zero-order valence-corrected chi connectivity index (χ0v) is 11.9. The van der Waals surface area contributed by atoms with Crippen LogP contribution >= 0.6 is 0 Å². The van der Waals surface area contributed by atoms with Gasteiger partial charge in [0.2, 0.25) is 0 Å². The van der Waals surface area contributed by atoms with Crippen molar-refractivity contribution in [1.29, 1.82) is 0 Å². The van der Waals surface area contributed by atoms with E-state index in [0.717, 1.165) is 28.3 Å². The van der Waals surface area contributed by atoms with Gasteiger partial charge in [-0.15, -0.1) is 0 Å². The van der Waals surface area contributed by atoms with E-state index in [2.05, 4.69) is 21.9 Å². The Labute approximate surface area is 114 Å². The van der Waals surface area contributed by atoms with E-state index < -0.39 is 0 Å². The second-order valence-corrected chi connectivity index (χ2v) is 4.93. The van der Waals surface area contributed by atoms with Gasteiger partial charge in [0.15, 0.2) is 5.82 Å². The lowest BCUT2D eigenvalue weighted by Gasteiger charge is -2.15. The summed E-state index contributed by atoms with van der Waals surface area (Å²) in [6, 6.07) is 5.88. The highest BCUT2D eigenvalue weighted by Gasteiger charge is 2.15. The second-order valence-electron chi connectivity index (χ2n) is 4.93. The molecule has 0 aliphatic carbocycles. The van der Waals surface area contributed by atoms with Crippen LogP contribution < -0.4 is 5.73 Å². The van der Waals surface area contributed by atoms with Gasteiger partial charge in [0.1, 0.15) is 5.69 Å². The molecule has 0 spiro atoms. The first-order valence-electron chi connectivity index (χ1n) is 6.52. The highest BCUT2D eigenvalue weighted by Crippen LogP contribution is 2.23. The molecule has 1 unspecified atom stereocenters. The molecule has 2 heterocycles. The summed E-state index contributed by atoms with van der Waals surface area (Å²) in [7, 11) is 0. The maximum absolute atomic E-state index is 5.74. The normalized spacial score (nSPS) is 12.5. The largest absolute Gasteiger partial charge is 0.330 e. The fraction of sp³-hybridized carbons (Fsp3) is 0.400. The molecule has 0 amide bonds. The molecule has 1 atom stereocenters. The van der Waals surface area contributed by atoms with E-state index in [0.29, 0.717) is 12.4 Å². The molecule has 0 saturated heterocycles. The van der Waals surface area contributed by atoms with Crippen molar-refractivity contribution < 1.29 is 0 Å². The molecule has 0 bridgehead atoms. The number of rotatable bonds is 3. The Bertz CT molecular complexity index is 569. The fourth-order valence-corrected chi connectivity index (χ4v) is 2.34. The monoisotopic (exact) mass is 256 g/mol. The molecule has 4 heteroatoms. The van der Waals surface area contributed by atoms with Crippen molar-refractivity contribution >= 4 is 0 Å². The maximum Gasteiger partial charge on any atom is 0.178 e. The first-order chi connectivity index (χ1) is 9.02. The number of hydrogen-bond donors (Lipinski definition) is 1. The van der Waals surface area contributed by atoms with Crippen molar-refractivity contribution in [2.75, 3.05) is 6.54 Å². The highest BCUT2D eigenvalue weighted by molar-refractivity contribution is 5.51. The molecule has 0 aliphatic rings. The van der Waals surface area contributed by atoms with E-state index in [-0.39, 0.29) is 5.92 Å². The molecule has 2 aromatic rings. The van der Waals surface area contributed by atoms with Gasteiger partial charge in [0, 0.05) is 17.1 Å². The van der Waals surface area contributed by atoms with Crippen LogP contribution in [0.3, 0.4) is 0 Å². The van der Waals surface area contributed by atoms with Gasteiger partial charge in [-0.2, -0.15) is 0 Å². The summed E-state index contributed by atoms with van der Waals surface area (Å²) in [5, 5.41) is 0. The lowest BCUT2D eigenvalue weighted by molar-refractivity contribution is 0.743. The van der Waals surface area contributed by atoms with Crippen LogP contribution in [-0.4, -0.2) is 21.5 Å². The molecular formula is C15H20N4. The van der Waals surface area contributed by atoms with Gasteiger partial charge in [-0.3, -0.25) is 0 Å². The molecule has 4 nitrogen and oxygen atoms in total. The standard InChI is InChI=1S/C15H20N4/c1-9(8-16)14-11(3)18-15(19-12(14)4)13-7-5-6-10(2)17-13/h5-7,9H,8,16H2,1-4H3. The van der Waals surface area contributed by atoms with E-state index in [1.807, 2.05) is 39.0 Å². The summed E-state index contributed by atoms with van der Waals surface area (Å²) in [6.07, 6.45) is 0. The predicted molar refractivity (Wildman–Crippen MR) is 76.9 cm³/mol. The highest BCUT2D eigenvalue weighted by atomic mass is 14.9. The van der Waals surface area contributed by atoms with Crippen LogP contribution in [0.1, 0.15) is 35.5 Å². The van der Waals surface area contributed by atoms with E-state index >= 15 is 0 Å². The minimum absolute atomic E-state index is 0.277. The van der Waals surface area contributed by atoms with Crippen molar-refractivity contribution in [1.82, 2.24) is 15.0 Å². The Kier molecular flexibility index (Phi) is 3.90. The van der Waals surface area contributed by atoms with Gasteiger partial charge in [0.05, 0.1) is 0 Å². The number of aryl methyl sites for hydroxylation is 3. The van der Waals surface area contributed by atoms with Gasteiger partial charge in [-0.25, -0.2) is 15.0 Å². The third-order valence-corrected chi connectivity index (χ3v) is 3.29. The Morgan fingerprint density at radius 1 is 1.05 bits per heavy atom. The van der Waals surface area contributed by atoms with E-state index in [1.54, 1.807) is 0 Å². The van der Waals surface area contributed by atoms with Crippen LogP contribution in [0.15, 0.2) is 18.2 Å². The van der Waals surface area contributed by atoms with E-state index in [9.17, 15) is 0 Å². The first-order valence-corrected chi connectivity index (χ1v) is 6.52. The first kappa shape index (κ1) is 13.6. The van der Waals surface area contributed by atoms with Crippen LogP contribution in [0.5, 0.6) is 0 Å². The van der Waals surface area contributed by atoms with Crippen molar-refractivity contribution in [2.45, 2.75) is 33.6 Å². The molecule has 0 radical (unpaired) electrons. The Hall–Kier alpha value is -1.81. The summed E-state index contributed by atoms with van der Waals surface area (Å²) >= 11 is 0. The average molecular weight is 256 g/mol. The van der Waals surface area contributed by atoms with Gasteiger partial charge < -0.3 is 5.73 Å². The van der Waals surface area contributed by atoms with E-state index in [4.69, 9.17) is 5.73 Å². The number of hydrogen-bond acceptors (Lipinski definition) is 4. The van der Waals surface area contributed by atoms with Gasteiger partial charge >= 0.3 is 0 Å². The molecule has 19 heavy (non-hydrogen) atoms. The quantitative estimate of drug-likeness (QED) is 0.916. The molecule has 0 aliphatic heterocycles. The van der Waals surface area contributed by atoms with Crippen LogP contribution in [0.4, 0.5) is 0 Å². The van der Waals surface area contributed by atoms with Crippen molar-refractivity contribution in [3.05, 3.63) is 40.8 Å². The summed E-state index contributed by atoms with van der Waals surface area (Å²) in [5.41, 5.74) is 10.7. The molecule has 100 valence electrons. The molecule has 2 rings (SSSR count). The third kappa shape index (κ3) is 2.79. The molecule has 0 aromatic carbocycles. The lowest BCUT2D eigenvalue weighted by Crippen LogP contribution is -2.14. The van der Waals surface area contributed by atoms with E-state index in [1.165, 1.54) is 0 Å². The molecule has 2 N–H and O–H groups in total. The number of nitrogens with zero attached hydrogens (tertiary/aromatic N) is 3. The molecule has 0 saturated carbocycles. The third-order valence-electron chi connectivity index (χ3n) is 3.29.